The van der Waals surface area contributed by atoms with Crippen molar-refractivity contribution in [1.29, 1.82) is 0 Å². The van der Waals surface area contributed by atoms with Crippen molar-refractivity contribution in [2.75, 3.05) is 20.8 Å². The van der Waals surface area contributed by atoms with E-state index in [1.807, 2.05) is 18.2 Å². The van der Waals surface area contributed by atoms with Crippen LogP contribution in [0, 0.1) is 0 Å². The van der Waals surface area contributed by atoms with E-state index in [4.69, 9.17) is 9.47 Å². The third kappa shape index (κ3) is 2.46. The summed E-state index contributed by atoms with van der Waals surface area (Å²) < 4.78 is 11.1. The van der Waals surface area contributed by atoms with Gasteiger partial charge in [-0.25, -0.2) is 0 Å². The Morgan fingerprint density at radius 1 is 0.929 bits per heavy atom. The lowest BCUT2D eigenvalue weighted by Crippen LogP contribution is -2.46. The zero-order chi connectivity index (χ0) is 19.4. The normalized spacial score (nSPS) is 22.1. The number of methoxy groups -OCH3 is 2. The van der Waals surface area contributed by atoms with Gasteiger partial charge in [-0.15, -0.1) is 0 Å². The molecule has 3 aromatic carbocycles. The summed E-state index contributed by atoms with van der Waals surface area (Å²) in [5.74, 6) is 1.52. The molecule has 0 spiro atoms. The van der Waals surface area contributed by atoms with Crippen molar-refractivity contribution in [3.63, 3.8) is 0 Å². The molecule has 5 heteroatoms. The van der Waals surface area contributed by atoms with Crippen LogP contribution in [0.3, 0.4) is 0 Å². The van der Waals surface area contributed by atoms with E-state index in [0.717, 1.165) is 58.6 Å². The molecule has 2 atom stereocenters. The van der Waals surface area contributed by atoms with Crippen molar-refractivity contribution in [1.82, 2.24) is 4.90 Å². The fourth-order valence-corrected chi connectivity index (χ4v) is 5.12. The molecule has 2 heterocycles. The van der Waals surface area contributed by atoms with Gasteiger partial charge >= 0.3 is 0 Å². The molecule has 0 unspecified atom stereocenters. The van der Waals surface area contributed by atoms with Crippen molar-refractivity contribution in [2.24, 2.45) is 0 Å². The van der Waals surface area contributed by atoms with Crippen molar-refractivity contribution >= 4 is 21.5 Å². The Hall–Kier alpha value is -2.50. The highest BCUT2D eigenvalue weighted by atomic mass is 16.5. The molecule has 2 aliphatic heterocycles. The molecule has 0 amide bonds. The number of nitrogens with zero attached hydrogens (tertiary/aromatic N) is 1. The average Bonchev–Trinajstić information content (AvgIpc) is 2.72. The molecule has 28 heavy (non-hydrogen) atoms. The first-order valence-corrected chi connectivity index (χ1v) is 9.87. The molecule has 5 nitrogen and oxygen atoms in total. The van der Waals surface area contributed by atoms with Gasteiger partial charge in [-0.1, -0.05) is 12.5 Å². The molecule has 0 radical (unpaired) electrons. The molecule has 0 bridgehead atoms. The highest BCUT2D eigenvalue weighted by Gasteiger charge is 2.37. The summed E-state index contributed by atoms with van der Waals surface area (Å²) in [5.41, 5.74) is 2.15. The number of aromatic hydroxyl groups is 1. The predicted molar refractivity (Wildman–Crippen MR) is 109 cm³/mol. The lowest BCUT2D eigenvalue weighted by atomic mass is 9.80. The molecular weight excluding hydrogens is 354 g/mol. The highest BCUT2D eigenvalue weighted by Crippen LogP contribution is 2.47. The van der Waals surface area contributed by atoms with Gasteiger partial charge < -0.3 is 19.7 Å². The third-order valence-electron chi connectivity index (χ3n) is 6.44. The van der Waals surface area contributed by atoms with Crippen molar-refractivity contribution in [2.45, 2.75) is 38.0 Å². The Labute approximate surface area is 164 Å². The van der Waals surface area contributed by atoms with Gasteiger partial charge in [0.25, 0.3) is 0 Å². The number of hydrogen-bond donors (Lipinski definition) is 2. The van der Waals surface area contributed by atoms with Crippen LogP contribution in [0.5, 0.6) is 17.2 Å². The summed E-state index contributed by atoms with van der Waals surface area (Å²) in [6, 6.07) is 9.58. The van der Waals surface area contributed by atoms with Crippen LogP contribution in [-0.4, -0.2) is 41.9 Å². The fourth-order valence-electron chi connectivity index (χ4n) is 5.12. The minimum atomic E-state index is -0.539. The van der Waals surface area contributed by atoms with E-state index in [9.17, 15) is 10.2 Å². The van der Waals surface area contributed by atoms with Gasteiger partial charge in [0.15, 0.2) is 11.5 Å². The summed E-state index contributed by atoms with van der Waals surface area (Å²) in [7, 11) is 3.25. The molecule has 0 aromatic heterocycles. The van der Waals surface area contributed by atoms with Crippen molar-refractivity contribution < 1.29 is 19.7 Å². The lowest BCUT2D eigenvalue weighted by molar-refractivity contribution is 0.00754. The van der Waals surface area contributed by atoms with Crippen molar-refractivity contribution in [3.8, 4) is 17.2 Å². The van der Waals surface area contributed by atoms with Gasteiger partial charge in [0.2, 0.25) is 0 Å². The summed E-state index contributed by atoms with van der Waals surface area (Å²) in [6.45, 7) is 1.84. The zero-order valence-electron chi connectivity index (χ0n) is 16.2. The Morgan fingerprint density at radius 3 is 2.39 bits per heavy atom. The van der Waals surface area contributed by atoms with E-state index in [0.29, 0.717) is 11.5 Å². The molecule has 0 saturated carbocycles. The largest absolute Gasteiger partial charge is 0.508 e. The SMILES string of the molecule is COc1cc2c3c(c4ccc(O)cc4c2cc1OC)CN1CCCC[C@@H]1[C@@H]3O. The number of rotatable bonds is 2. The number of aliphatic hydroxyl groups excluding tert-OH is 1. The van der Waals surface area contributed by atoms with Crippen LogP contribution in [0.15, 0.2) is 30.3 Å². The molecule has 1 saturated heterocycles. The maximum Gasteiger partial charge on any atom is 0.161 e. The minimum absolute atomic E-state index is 0.159. The number of hydrogen-bond acceptors (Lipinski definition) is 5. The van der Waals surface area contributed by atoms with Crippen LogP contribution >= 0.6 is 0 Å². The topological polar surface area (TPSA) is 62.2 Å². The second-order valence-corrected chi connectivity index (χ2v) is 7.85. The van der Waals surface area contributed by atoms with E-state index in [1.54, 1.807) is 26.4 Å². The number of aliphatic hydroxyl groups is 1. The molecule has 5 rings (SSSR count). The number of phenolic OH excluding ortho intramolecular Hbond substituents is 1. The third-order valence-corrected chi connectivity index (χ3v) is 6.44. The van der Waals surface area contributed by atoms with Gasteiger partial charge in [0.05, 0.1) is 20.3 Å². The zero-order valence-corrected chi connectivity index (χ0v) is 16.2. The maximum absolute atomic E-state index is 11.4. The minimum Gasteiger partial charge on any atom is -0.508 e. The lowest BCUT2D eigenvalue weighted by Gasteiger charge is -2.44. The van der Waals surface area contributed by atoms with Crippen molar-refractivity contribution in [3.05, 3.63) is 41.5 Å². The molecule has 2 N–H and O–H groups in total. The Balaban J connectivity index is 1.90. The molecule has 146 valence electrons. The van der Waals surface area contributed by atoms with Crippen LogP contribution in [0.25, 0.3) is 21.5 Å². The number of phenols is 1. The monoisotopic (exact) mass is 379 g/mol. The van der Waals surface area contributed by atoms with Crippen LogP contribution in [0.4, 0.5) is 0 Å². The van der Waals surface area contributed by atoms with Crippen LogP contribution in [0.2, 0.25) is 0 Å². The number of ether oxygens (including phenoxy) is 2. The van der Waals surface area contributed by atoms with E-state index < -0.39 is 6.10 Å². The summed E-state index contributed by atoms with van der Waals surface area (Å²) in [6.07, 6.45) is 2.81. The van der Waals surface area contributed by atoms with Crippen LogP contribution in [-0.2, 0) is 6.54 Å². The quantitative estimate of drug-likeness (QED) is 0.656. The first-order valence-electron chi connectivity index (χ1n) is 9.87. The first-order chi connectivity index (χ1) is 13.6. The Bertz CT molecular complexity index is 1080. The summed E-state index contributed by atoms with van der Waals surface area (Å²) in [5, 5.41) is 25.5. The van der Waals surface area contributed by atoms with Gasteiger partial charge in [-0.2, -0.15) is 0 Å². The Morgan fingerprint density at radius 2 is 1.64 bits per heavy atom. The number of piperidine rings is 1. The summed E-state index contributed by atoms with van der Waals surface area (Å²) in [4.78, 5) is 2.41. The maximum atomic E-state index is 11.4. The number of fused-ring (bicyclic) bond motifs is 7. The van der Waals surface area contributed by atoms with Gasteiger partial charge in [-0.3, -0.25) is 4.90 Å². The molecular formula is C23H25NO4. The van der Waals surface area contributed by atoms with Crippen LogP contribution < -0.4 is 9.47 Å². The average molecular weight is 379 g/mol. The fraction of sp³-hybridized carbons (Fsp3) is 0.391. The molecule has 2 aliphatic rings. The molecule has 3 aromatic rings. The summed E-state index contributed by atoms with van der Waals surface area (Å²) >= 11 is 0. The second kappa shape index (κ2) is 6.54. The Kier molecular flexibility index (Phi) is 4.11. The van der Waals surface area contributed by atoms with Gasteiger partial charge in [0.1, 0.15) is 5.75 Å². The van der Waals surface area contributed by atoms with Gasteiger partial charge in [-0.05, 0) is 76.3 Å². The van der Waals surface area contributed by atoms with E-state index >= 15 is 0 Å². The second-order valence-electron chi connectivity index (χ2n) is 7.85. The van der Waals surface area contributed by atoms with E-state index in [1.165, 1.54) is 6.42 Å². The highest BCUT2D eigenvalue weighted by molar-refractivity contribution is 6.12. The molecule has 1 fully saturated rings. The van der Waals surface area contributed by atoms with Gasteiger partial charge in [0, 0.05) is 12.6 Å². The van der Waals surface area contributed by atoms with Crippen LogP contribution in [0.1, 0.15) is 36.5 Å². The molecule has 0 aliphatic carbocycles. The first kappa shape index (κ1) is 17.6. The standard InChI is InChI=1S/C23H25NO4/c1-27-20-10-16-15-9-13(25)6-7-14(15)18-12-24-8-4-3-5-19(24)23(26)22(18)17(16)11-21(20)28-2/h6-7,9-11,19,23,25-26H,3-5,8,12H2,1-2H3/t19-,23+/m1/s1. The van der Waals surface area contributed by atoms with E-state index in [2.05, 4.69) is 4.90 Å². The van der Waals surface area contributed by atoms with E-state index in [-0.39, 0.29) is 11.8 Å². The number of benzene rings is 3. The predicted octanol–water partition coefficient (Wildman–Crippen LogP) is 4.12. The smallest absolute Gasteiger partial charge is 0.161 e.